The number of pyridine rings is 1. The van der Waals surface area contributed by atoms with Crippen LogP contribution in [-0.2, 0) is 6.54 Å². The summed E-state index contributed by atoms with van der Waals surface area (Å²) >= 11 is 0. The average Bonchev–Trinajstić information content (AvgIpc) is 2.35. The Kier molecular flexibility index (Phi) is 3.37. The first-order valence-electron chi connectivity index (χ1n) is 5.70. The van der Waals surface area contributed by atoms with Gasteiger partial charge < -0.3 is 15.0 Å². The Morgan fingerprint density at radius 1 is 1.33 bits per heavy atom. The van der Waals surface area contributed by atoms with Crippen LogP contribution in [-0.4, -0.2) is 11.7 Å². The quantitative estimate of drug-likeness (QED) is 0.837. The van der Waals surface area contributed by atoms with Crippen molar-refractivity contribution in [3.63, 3.8) is 0 Å². The third-order valence-electron chi connectivity index (χ3n) is 2.86. The van der Waals surface area contributed by atoms with E-state index in [1.54, 1.807) is 30.9 Å². The second-order valence-electron chi connectivity index (χ2n) is 4.20. The van der Waals surface area contributed by atoms with E-state index in [-0.39, 0.29) is 5.56 Å². The molecule has 18 heavy (non-hydrogen) atoms. The van der Waals surface area contributed by atoms with Crippen LogP contribution >= 0.6 is 0 Å². The van der Waals surface area contributed by atoms with E-state index >= 15 is 0 Å². The van der Waals surface area contributed by atoms with Crippen molar-refractivity contribution in [2.75, 3.05) is 12.8 Å². The van der Waals surface area contributed by atoms with Crippen molar-refractivity contribution in [2.45, 2.75) is 13.5 Å². The van der Waals surface area contributed by atoms with E-state index in [1.165, 1.54) is 0 Å². The van der Waals surface area contributed by atoms with Gasteiger partial charge in [-0.1, -0.05) is 12.1 Å². The lowest BCUT2D eigenvalue weighted by Gasteiger charge is -2.09. The Morgan fingerprint density at radius 3 is 2.78 bits per heavy atom. The van der Waals surface area contributed by atoms with E-state index < -0.39 is 0 Å². The van der Waals surface area contributed by atoms with Crippen LogP contribution in [0.3, 0.4) is 0 Å². The second-order valence-corrected chi connectivity index (χ2v) is 4.20. The van der Waals surface area contributed by atoms with Crippen LogP contribution in [0, 0.1) is 6.92 Å². The number of hydrogen-bond donors (Lipinski definition) is 1. The van der Waals surface area contributed by atoms with Crippen molar-refractivity contribution in [2.24, 2.45) is 0 Å². The Labute approximate surface area is 106 Å². The van der Waals surface area contributed by atoms with Gasteiger partial charge in [0.2, 0.25) is 0 Å². The lowest BCUT2D eigenvalue weighted by atomic mass is 10.2. The molecule has 0 aliphatic rings. The van der Waals surface area contributed by atoms with Crippen LogP contribution in [0.1, 0.15) is 11.1 Å². The molecule has 0 bridgehead atoms. The fourth-order valence-corrected chi connectivity index (χ4v) is 1.86. The van der Waals surface area contributed by atoms with Crippen molar-refractivity contribution >= 4 is 5.69 Å². The smallest absolute Gasteiger partial charge is 0.253 e. The van der Waals surface area contributed by atoms with Gasteiger partial charge in [-0.05, 0) is 30.7 Å². The summed E-state index contributed by atoms with van der Waals surface area (Å²) in [5, 5.41) is 0. The molecule has 0 unspecified atom stereocenters. The minimum atomic E-state index is 0.0203. The number of nitrogens with zero attached hydrogens (tertiary/aromatic N) is 1. The van der Waals surface area contributed by atoms with E-state index in [0.717, 1.165) is 11.1 Å². The Bertz CT molecular complexity index is 617. The first-order chi connectivity index (χ1) is 8.61. The molecule has 0 aliphatic carbocycles. The third kappa shape index (κ3) is 2.37. The average molecular weight is 244 g/mol. The number of aromatic nitrogens is 1. The molecule has 2 aromatic rings. The molecule has 1 aromatic carbocycles. The number of nitrogen functional groups attached to an aromatic ring is 1. The minimum Gasteiger partial charge on any atom is -0.495 e. The third-order valence-corrected chi connectivity index (χ3v) is 2.86. The van der Waals surface area contributed by atoms with Gasteiger partial charge in [0.05, 0.1) is 19.3 Å². The van der Waals surface area contributed by atoms with E-state index in [4.69, 9.17) is 10.5 Å². The molecule has 4 nitrogen and oxygen atoms in total. The summed E-state index contributed by atoms with van der Waals surface area (Å²) in [5.41, 5.74) is 8.15. The van der Waals surface area contributed by atoms with Crippen LogP contribution in [0.15, 0.2) is 41.3 Å². The molecular weight excluding hydrogens is 228 g/mol. The van der Waals surface area contributed by atoms with Crippen molar-refractivity contribution in [1.29, 1.82) is 0 Å². The van der Waals surface area contributed by atoms with Crippen molar-refractivity contribution in [3.8, 4) is 5.75 Å². The summed E-state index contributed by atoms with van der Waals surface area (Å²) in [6.45, 7) is 2.32. The molecule has 2 N–H and O–H groups in total. The largest absolute Gasteiger partial charge is 0.495 e. The number of rotatable bonds is 3. The highest BCUT2D eigenvalue weighted by molar-refractivity contribution is 5.54. The Morgan fingerprint density at radius 2 is 2.11 bits per heavy atom. The Hall–Kier alpha value is -2.23. The normalized spacial score (nSPS) is 10.3. The van der Waals surface area contributed by atoms with E-state index in [2.05, 4.69) is 0 Å². The van der Waals surface area contributed by atoms with Gasteiger partial charge in [-0.25, -0.2) is 0 Å². The summed E-state index contributed by atoms with van der Waals surface area (Å²) in [7, 11) is 1.58. The van der Waals surface area contributed by atoms with Gasteiger partial charge in [-0.15, -0.1) is 0 Å². The number of benzene rings is 1. The highest BCUT2D eigenvalue weighted by Crippen LogP contribution is 2.22. The zero-order valence-electron chi connectivity index (χ0n) is 10.5. The van der Waals surface area contributed by atoms with Crippen LogP contribution < -0.4 is 16.0 Å². The van der Waals surface area contributed by atoms with Crippen LogP contribution in [0.2, 0.25) is 0 Å². The molecule has 0 amide bonds. The standard InChI is InChI=1S/C14H16N2O2/c1-10-4-3-7-16(14(10)17)9-11-5-6-13(18-2)12(15)8-11/h3-8H,9,15H2,1-2H3. The fraction of sp³-hybridized carbons (Fsp3) is 0.214. The summed E-state index contributed by atoms with van der Waals surface area (Å²) < 4.78 is 6.76. The summed E-state index contributed by atoms with van der Waals surface area (Å²) in [6.07, 6.45) is 1.77. The fourth-order valence-electron chi connectivity index (χ4n) is 1.86. The van der Waals surface area contributed by atoms with E-state index in [0.29, 0.717) is 18.0 Å². The topological polar surface area (TPSA) is 57.2 Å². The molecule has 2 rings (SSSR count). The maximum atomic E-state index is 11.9. The maximum absolute atomic E-state index is 11.9. The molecule has 0 atom stereocenters. The van der Waals surface area contributed by atoms with Gasteiger partial charge in [0.1, 0.15) is 5.75 Å². The summed E-state index contributed by atoms with van der Waals surface area (Å²) in [5.74, 6) is 0.648. The zero-order chi connectivity index (χ0) is 13.1. The molecule has 0 spiro atoms. The predicted molar refractivity (Wildman–Crippen MR) is 71.9 cm³/mol. The Balaban J connectivity index is 2.32. The van der Waals surface area contributed by atoms with E-state index in [9.17, 15) is 4.79 Å². The number of nitrogens with two attached hydrogens (primary N) is 1. The van der Waals surface area contributed by atoms with Crippen LogP contribution in [0.5, 0.6) is 5.75 Å². The first kappa shape index (κ1) is 12.2. The van der Waals surface area contributed by atoms with Gasteiger partial charge in [0.25, 0.3) is 5.56 Å². The van der Waals surface area contributed by atoms with Crippen molar-refractivity contribution in [1.82, 2.24) is 4.57 Å². The molecular formula is C14H16N2O2. The predicted octanol–water partition coefficient (Wildman–Crippen LogP) is 1.80. The number of hydrogen-bond acceptors (Lipinski definition) is 3. The summed E-state index contributed by atoms with van der Waals surface area (Å²) in [4.78, 5) is 11.9. The zero-order valence-corrected chi connectivity index (χ0v) is 10.5. The lowest BCUT2D eigenvalue weighted by molar-refractivity contribution is 0.417. The molecule has 4 heteroatoms. The van der Waals surface area contributed by atoms with Gasteiger partial charge in [-0.3, -0.25) is 4.79 Å². The number of anilines is 1. The number of methoxy groups -OCH3 is 1. The maximum Gasteiger partial charge on any atom is 0.253 e. The van der Waals surface area contributed by atoms with Crippen molar-refractivity contribution in [3.05, 3.63) is 58.0 Å². The van der Waals surface area contributed by atoms with Gasteiger partial charge >= 0.3 is 0 Å². The number of aryl methyl sites for hydroxylation is 1. The molecule has 1 heterocycles. The molecule has 0 saturated carbocycles. The highest BCUT2D eigenvalue weighted by Gasteiger charge is 2.03. The molecule has 0 aliphatic heterocycles. The first-order valence-corrected chi connectivity index (χ1v) is 5.70. The minimum absolute atomic E-state index is 0.0203. The molecule has 0 fully saturated rings. The SMILES string of the molecule is COc1ccc(Cn2cccc(C)c2=O)cc1N. The van der Waals surface area contributed by atoms with Crippen molar-refractivity contribution < 1.29 is 4.74 Å². The highest BCUT2D eigenvalue weighted by atomic mass is 16.5. The van der Waals surface area contributed by atoms with Gasteiger partial charge in [-0.2, -0.15) is 0 Å². The number of ether oxygens (including phenoxy) is 1. The molecule has 94 valence electrons. The van der Waals surface area contributed by atoms with Gasteiger partial charge in [0.15, 0.2) is 0 Å². The molecule has 0 radical (unpaired) electrons. The van der Waals surface area contributed by atoms with Crippen LogP contribution in [0.25, 0.3) is 0 Å². The van der Waals surface area contributed by atoms with E-state index in [1.807, 2.05) is 24.3 Å². The molecule has 0 saturated heterocycles. The lowest BCUT2D eigenvalue weighted by Crippen LogP contribution is -2.21. The molecule has 1 aromatic heterocycles. The monoisotopic (exact) mass is 244 g/mol. The van der Waals surface area contributed by atoms with Gasteiger partial charge in [0, 0.05) is 11.8 Å². The second kappa shape index (κ2) is 4.96. The summed E-state index contributed by atoms with van der Waals surface area (Å²) in [6, 6.07) is 9.22. The van der Waals surface area contributed by atoms with Crippen LogP contribution in [0.4, 0.5) is 5.69 Å².